The number of anilines is 1. The van der Waals surface area contributed by atoms with Crippen LogP contribution < -0.4 is 9.47 Å². The van der Waals surface area contributed by atoms with E-state index in [1.165, 1.54) is 18.5 Å². The van der Waals surface area contributed by atoms with Crippen LogP contribution in [-0.2, 0) is 11.4 Å². The number of benzene rings is 1. The highest BCUT2D eigenvalue weighted by Crippen LogP contribution is 2.20. The third kappa shape index (κ3) is 3.45. The number of hydrogen-bond donors (Lipinski definition) is 0. The number of aromatic nitrogens is 1. The van der Waals surface area contributed by atoms with Gasteiger partial charge in [0.1, 0.15) is 7.11 Å². The smallest absolute Gasteiger partial charge is 0.194 e. The second kappa shape index (κ2) is 7.07. The van der Waals surface area contributed by atoms with Gasteiger partial charge in [0.2, 0.25) is 0 Å². The molecule has 0 amide bonds. The van der Waals surface area contributed by atoms with Gasteiger partial charge < -0.3 is 9.74 Å². The quantitative estimate of drug-likeness (QED) is 0.482. The molecule has 2 heterocycles. The molecule has 0 N–H and O–H groups in total. The van der Waals surface area contributed by atoms with Gasteiger partial charge >= 0.3 is 0 Å². The maximum Gasteiger partial charge on any atom is 0.194 e. The van der Waals surface area contributed by atoms with E-state index >= 15 is 0 Å². The molecule has 1 fully saturated rings. The Kier molecular flexibility index (Phi) is 4.68. The van der Waals surface area contributed by atoms with Gasteiger partial charge in [0.25, 0.3) is 0 Å². The van der Waals surface area contributed by atoms with Crippen LogP contribution in [0.1, 0.15) is 18.4 Å². The average molecular weight is 296 g/mol. The minimum atomic E-state index is 0.692. The van der Waals surface area contributed by atoms with Gasteiger partial charge in [0.05, 0.1) is 0 Å². The van der Waals surface area contributed by atoms with E-state index in [4.69, 9.17) is 4.84 Å². The molecular formula is C18H22N3O+. The van der Waals surface area contributed by atoms with Gasteiger partial charge in [-0.05, 0) is 25.0 Å². The van der Waals surface area contributed by atoms with E-state index in [1.54, 1.807) is 7.11 Å². The largest absolute Gasteiger partial charge is 0.399 e. The fraction of sp³-hybridized carbons (Fsp3) is 0.333. The van der Waals surface area contributed by atoms with Crippen LogP contribution in [0.2, 0.25) is 0 Å². The summed E-state index contributed by atoms with van der Waals surface area (Å²) in [4.78, 5) is 7.46. The predicted octanol–water partition coefficient (Wildman–Crippen LogP) is 2.63. The Morgan fingerprint density at radius 1 is 1.09 bits per heavy atom. The van der Waals surface area contributed by atoms with Crippen LogP contribution >= 0.6 is 0 Å². The van der Waals surface area contributed by atoms with Crippen LogP contribution in [-0.4, -0.2) is 25.9 Å². The van der Waals surface area contributed by atoms with Gasteiger partial charge in [0.15, 0.2) is 24.7 Å². The second-order valence-electron chi connectivity index (χ2n) is 5.51. The first-order valence-corrected chi connectivity index (χ1v) is 7.76. The van der Waals surface area contributed by atoms with E-state index in [2.05, 4.69) is 38.9 Å². The zero-order valence-corrected chi connectivity index (χ0v) is 13.0. The van der Waals surface area contributed by atoms with Gasteiger partial charge in [-0.15, -0.1) is 0 Å². The Bertz CT molecular complexity index is 617. The third-order valence-corrected chi connectivity index (χ3v) is 3.98. The standard InChI is InChI=1S/C18H22N3O/c1-22-19-18(15-20-11-3-2-4-12-20)16-7-9-17(10-8-16)21-13-5-6-14-21/h2-4,7-12H,5-6,13-15H2,1H3/q+1/b19-18-. The summed E-state index contributed by atoms with van der Waals surface area (Å²) >= 11 is 0. The third-order valence-electron chi connectivity index (χ3n) is 3.98. The molecular weight excluding hydrogens is 274 g/mol. The lowest BCUT2D eigenvalue weighted by Crippen LogP contribution is -2.37. The van der Waals surface area contributed by atoms with Crippen molar-refractivity contribution in [3.63, 3.8) is 0 Å². The minimum Gasteiger partial charge on any atom is -0.399 e. The summed E-state index contributed by atoms with van der Waals surface area (Å²) in [5.74, 6) is 0. The van der Waals surface area contributed by atoms with Crippen LogP contribution in [0.4, 0.5) is 5.69 Å². The van der Waals surface area contributed by atoms with Gasteiger partial charge in [-0.25, -0.2) is 0 Å². The fourth-order valence-corrected chi connectivity index (χ4v) is 2.84. The number of pyridine rings is 1. The number of oxime groups is 1. The minimum absolute atomic E-state index is 0.692. The lowest BCUT2D eigenvalue weighted by atomic mass is 10.1. The SMILES string of the molecule is CO/N=C(/C[n+]1ccccc1)c1ccc(N2CCCC2)cc1. The van der Waals surface area contributed by atoms with Crippen molar-refractivity contribution >= 4 is 11.4 Å². The summed E-state index contributed by atoms with van der Waals surface area (Å²) in [6, 6.07) is 14.7. The molecule has 4 nitrogen and oxygen atoms in total. The molecule has 0 bridgehead atoms. The van der Waals surface area contributed by atoms with Crippen molar-refractivity contribution in [2.24, 2.45) is 5.16 Å². The monoisotopic (exact) mass is 296 g/mol. The zero-order valence-electron chi connectivity index (χ0n) is 13.0. The molecule has 3 rings (SSSR count). The highest BCUT2D eigenvalue weighted by Gasteiger charge is 2.14. The molecule has 0 spiro atoms. The molecule has 1 aromatic carbocycles. The summed E-state index contributed by atoms with van der Waals surface area (Å²) in [7, 11) is 1.59. The maximum atomic E-state index is 5.02. The molecule has 0 unspecified atom stereocenters. The highest BCUT2D eigenvalue weighted by atomic mass is 16.6. The van der Waals surface area contributed by atoms with E-state index in [1.807, 2.05) is 30.6 Å². The van der Waals surface area contributed by atoms with Crippen molar-refractivity contribution in [2.75, 3.05) is 25.1 Å². The fourth-order valence-electron chi connectivity index (χ4n) is 2.84. The Labute approximate surface area is 131 Å². The summed E-state index contributed by atoms with van der Waals surface area (Å²) in [5.41, 5.74) is 3.32. The molecule has 4 heteroatoms. The highest BCUT2D eigenvalue weighted by molar-refractivity contribution is 5.99. The molecule has 0 saturated carbocycles. The molecule has 1 aliphatic rings. The molecule has 0 aliphatic carbocycles. The van der Waals surface area contributed by atoms with Crippen LogP contribution in [0.5, 0.6) is 0 Å². The molecule has 0 atom stereocenters. The molecule has 0 radical (unpaired) electrons. The first-order chi connectivity index (χ1) is 10.9. The average Bonchev–Trinajstić information content (AvgIpc) is 3.10. The molecule has 1 saturated heterocycles. The summed E-state index contributed by atoms with van der Waals surface area (Å²) < 4.78 is 2.09. The van der Waals surface area contributed by atoms with Crippen molar-refractivity contribution < 1.29 is 9.40 Å². The van der Waals surface area contributed by atoms with Gasteiger partial charge in [-0.2, -0.15) is 4.57 Å². The Hall–Kier alpha value is -2.36. The molecule has 2 aromatic rings. The van der Waals surface area contributed by atoms with Crippen LogP contribution in [0, 0.1) is 0 Å². The van der Waals surface area contributed by atoms with Crippen LogP contribution in [0.3, 0.4) is 0 Å². The van der Waals surface area contributed by atoms with Crippen molar-refractivity contribution in [2.45, 2.75) is 19.4 Å². The van der Waals surface area contributed by atoms with Gasteiger partial charge in [-0.1, -0.05) is 23.4 Å². The van der Waals surface area contributed by atoms with Crippen molar-refractivity contribution in [3.8, 4) is 0 Å². The molecule has 22 heavy (non-hydrogen) atoms. The van der Waals surface area contributed by atoms with Crippen molar-refractivity contribution in [3.05, 3.63) is 60.4 Å². The molecule has 1 aromatic heterocycles. The zero-order chi connectivity index (χ0) is 15.2. The summed E-state index contributed by atoms with van der Waals surface area (Å²) in [5, 5.41) is 4.20. The second-order valence-corrected chi connectivity index (χ2v) is 5.51. The lowest BCUT2D eigenvalue weighted by Gasteiger charge is -2.17. The van der Waals surface area contributed by atoms with Gasteiger partial charge in [-0.3, -0.25) is 0 Å². The Morgan fingerprint density at radius 2 is 1.77 bits per heavy atom. The number of rotatable bonds is 5. The van der Waals surface area contributed by atoms with Gasteiger partial charge in [0, 0.05) is 36.5 Å². The van der Waals surface area contributed by atoms with Crippen LogP contribution in [0.25, 0.3) is 0 Å². The van der Waals surface area contributed by atoms with E-state index in [9.17, 15) is 0 Å². The normalized spacial score (nSPS) is 15.1. The first-order valence-electron chi connectivity index (χ1n) is 7.76. The Balaban J connectivity index is 1.78. The first kappa shape index (κ1) is 14.6. The topological polar surface area (TPSA) is 28.7 Å². The van der Waals surface area contributed by atoms with Crippen molar-refractivity contribution in [1.29, 1.82) is 0 Å². The van der Waals surface area contributed by atoms with E-state index in [0.717, 1.165) is 24.4 Å². The summed E-state index contributed by atoms with van der Waals surface area (Å²) in [6.07, 6.45) is 6.65. The molecule has 1 aliphatic heterocycles. The van der Waals surface area contributed by atoms with E-state index < -0.39 is 0 Å². The van der Waals surface area contributed by atoms with Crippen molar-refractivity contribution in [1.82, 2.24) is 0 Å². The maximum absolute atomic E-state index is 5.02. The van der Waals surface area contributed by atoms with E-state index in [0.29, 0.717) is 6.54 Å². The van der Waals surface area contributed by atoms with Crippen LogP contribution in [0.15, 0.2) is 60.0 Å². The number of hydrogen-bond acceptors (Lipinski definition) is 3. The molecule has 114 valence electrons. The number of nitrogens with zero attached hydrogens (tertiary/aromatic N) is 3. The van der Waals surface area contributed by atoms with E-state index in [-0.39, 0.29) is 0 Å². The Morgan fingerprint density at radius 3 is 2.41 bits per heavy atom. The predicted molar refractivity (Wildman–Crippen MR) is 88.1 cm³/mol. The summed E-state index contributed by atoms with van der Waals surface area (Å²) in [6.45, 7) is 3.02. The lowest BCUT2D eigenvalue weighted by molar-refractivity contribution is -0.681.